The SMILES string of the molecule is C/C=C\C(=O)N(C=O)CCCN(CCCNC(=O)COC(C)(C)CCC)CC(=O)NC(C(=O)NCC=O)C(C)C. The van der Waals surface area contributed by atoms with Crippen molar-refractivity contribution in [3.63, 3.8) is 0 Å². The smallest absolute Gasteiger partial charge is 0.252 e. The van der Waals surface area contributed by atoms with Crippen LogP contribution in [0, 0.1) is 5.92 Å². The molecule has 40 heavy (non-hydrogen) atoms. The Kier molecular flexibility index (Phi) is 19.1. The van der Waals surface area contributed by atoms with Crippen LogP contribution >= 0.6 is 0 Å². The molecule has 12 heteroatoms. The number of rotatable bonds is 22. The van der Waals surface area contributed by atoms with Crippen LogP contribution in [0.25, 0.3) is 0 Å². The molecule has 1 atom stereocenters. The van der Waals surface area contributed by atoms with Crippen LogP contribution in [0.2, 0.25) is 0 Å². The second kappa shape index (κ2) is 20.7. The van der Waals surface area contributed by atoms with Gasteiger partial charge in [-0.05, 0) is 52.0 Å². The van der Waals surface area contributed by atoms with Gasteiger partial charge in [0.25, 0.3) is 5.91 Å². The number of ether oxygens (including phenoxy) is 1. The second-order valence-corrected chi connectivity index (χ2v) is 10.5. The lowest BCUT2D eigenvalue weighted by atomic mass is 10.0. The maximum absolute atomic E-state index is 12.8. The van der Waals surface area contributed by atoms with E-state index >= 15 is 0 Å². The van der Waals surface area contributed by atoms with Crippen LogP contribution in [0.3, 0.4) is 0 Å². The zero-order valence-corrected chi connectivity index (χ0v) is 25.0. The zero-order chi connectivity index (χ0) is 30.6. The Bertz CT molecular complexity index is 845. The highest BCUT2D eigenvalue weighted by atomic mass is 16.5. The Balaban J connectivity index is 5.09. The molecule has 228 valence electrons. The molecule has 0 heterocycles. The van der Waals surface area contributed by atoms with Gasteiger partial charge in [-0.1, -0.05) is 33.3 Å². The van der Waals surface area contributed by atoms with Gasteiger partial charge in [0.1, 0.15) is 18.9 Å². The maximum atomic E-state index is 12.8. The molecule has 1 unspecified atom stereocenters. The summed E-state index contributed by atoms with van der Waals surface area (Å²) in [4.78, 5) is 74.2. The highest BCUT2D eigenvalue weighted by Gasteiger charge is 2.25. The standard InChI is InChI=1S/C28H49N5O7/c1-7-11-25(38)33(21-35)17-10-16-32(15-9-13-29-24(37)20-40-28(5,6)12-8-2)19-23(36)31-26(22(3)4)27(39)30-14-18-34/h7,11,18,21-22,26H,8-10,12-17,19-20H2,1-6H3,(H,29,37)(H,30,39)(H,31,36)/b11-7-. The summed E-state index contributed by atoms with van der Waals surface area (Å²) in [7, 11) is 0. The largest absolute Gasteiger partial charge is 0.366 e. The summed E-state index contributed by atoms with van der Waals surface area (Å²) < 4.78 is 5.69. The summed E-state index contributed by atoms with van der Waals surface area (Å²) >= 11 is 0. The van der Waals surface area contributed by atoms with E-state index in [1.54, 1.807) is 26.8 Å². The maximum Gasteiger partial charge on any atom is 0.252 e. The Labute approximate surface area is 238 Å². The van der Waals surface area contributed by atoms with Crippen molar-refractivity contribution in [2.24, 2.45) is 5.92 Å². The molecule has 0 bridgehead atoms. The summed E-state index contributed by atoms with van der Waals surface area (Å²) in [5.41, 5.74) is -0.377. The van der Waals surface area contributed by atoms with Crippen LogP contribution in [-0.4, -0.2) is 104 Å². The second-order valence-electron chi connectivity index (χ2n) is 10.5. The zero-order valence-electron chi connectivity index (χ0n) is 25.0. The predicted molar refractivity (Wildman–Crippen MR) is 152 cm³/mol. The lowest BCUT2D eigenvalue weighted by Crippen LogP contribution is -2.52. The number of nitrogens with one attached hydrogen (secondary N) is 3. The molecule has 0 fully saturated rings. The molecule has 0 aliphatic rings. The minimum Gasteiger partial charge on any atom is -0.366 e. The van der Waals surface area contributed by atoms with Crippen molar-refractivity contribution < 1.29 is 33.5 Å². The fraction of sp³-hybridized carbons (Fsp3) is 0.714. The normalized spacial score (nSPS) is 12.3. The number of nitrogens with zero attached hydrogens (tertiary/aromatic N) is 2. The van der Waals surface area contributed by atoms with Gasteiger partial charge in [-0.2, -0.15) is 0 Å². The first kappa shape index (κ1) is 36.9. The molecule has 0 aromatic rings. The topological polar surface area (TPSA) is 154 Å². The molecule has 0 aliphatic carbocycles. The average Bonchev–Trinajstić information content (AvgIpc) is 2.89. The van der Waals surface area contributed by atoms with Crippen LogP contribution in [0.5, 0.6) is 0 Å². The van der Waals surface area contributed by atoms with Crippen LogP contribution in [0.15, 0.2) is 12.2 Å². The van der Waals surface area contributed by atoms with E-state index in [1.165, 1.54) is 6.08 Å². The van der Waals surface area contributed by atoms with E-state index in [-0.39, 0.29) is 49.6 Å². The van der Waals surface area contributed by atoms with Crippen LogP contribution in [-0.2, 0) is 33.5 Å². The number of carbonyl (C=O) groups is 6. The lowest BCUT2D eigenvalue weighted by molar-refractivity contribution is -0.134. The molecular formula is C28H49N5O7. The number of amides is 5. The average molecular weight is 568 g/mol. The predicted octanol–water partition coefficient (Wildman–Crippen LogP) is 0.797. The number of imide groups is 1. The number of aldehydes is 1. The highest BCUT2D eigenvalue weighted by molar-refractivity contribution is 5.94. The number of hydrogen-bond donors (Lipinski definition) is 3. The van der Waals surface area contributed by atoms with Crippen molar-refractivity contribution in [2.45, 2.75) is 78.9 Å². The Hall–Kier alpha value is -3.12. The Morgan fingerprint density at radius 3 is 2.23 bits per heavy atom. The summed E-state index contributed by atoms with van der Waals surface area (Å²) in [5, 5.41) is 8.01. The third-order valence-corrected chi connectivity index (χ3v) is 6.00. The van der Waals surface area contributed by atoms with E-state index in [0.717, 1.165) is 17.7 Å². The molecular weight excluding hydrogens is 518 g/mol. The number of allylic oxidation sites excluding steroid dienone is 1. The first-order valence-electron chi connectivity index (χ1n) is 13.9. The lowest BCUT2D eigenvalue weighted by Gasteiger charge is -2.26. The summed E-state index contributed by atoms with van der Waals surface area (Å²) in [6, 6.07) is -0.811. The van der Waals surface area contributed by atoms with Crippen molar-refractivity contribution in [1.82, 2.24) is 25.8 Å². The van der Waals surface area contributed by atoms with Crippen molar-refractivity contribution >= 4 is 36.3 Å². The molecule has 0 aliphatic heterocycles. The molecule has 0 saturated carbocycles. The quantitative estimate of drug-likeness (QED) is 0.0986. The van der Waals surface area contributed by atoms with Gasteiger partial charge < -0.3 is 25.5 Å². The molecule has 0 radical (unpaired) electrons. The molecule has 0 spiro atoms. The van der Waals surface area contributed by atoms with Crippen LogP contribution in [0.1, 0.15) is 67.2 Å². The van der Waals surface area contributed by atoms with Crippen LogP contribution in [0.4, 0.5) is 0 Å². The van der Waals surface area contributed by atoms with E-state index in [2.05, 4.69) is 22.9 Å². The van der Waals surface area contributed by atoms with Crippen molar-refractivity contribution in [3.8, 4) is 0 Å². The fourth-order valence-corrected chi connectivity index (χ4v) is 3.91. The van der Waals surface area contributed by atoms with Crippen molar-refractivity contribution in [1.29, 1.82) is 0 Å². The molecule has 0 aromatic heterocycles. The van der Waals surface area contributed by atoms with E-state index in [9.17, 15) is 28.8 Å². The van der Waals surface area contributed by atoms with E-state index in [1.807, 2.05) is 18.7 Å². The van der Waals surface area contributed by atoms with Gasteiger partial charge in [0.05, 0.1) is 18.7 Å². The van der Waals surface area contributed by atoms with E-state index in [0.29, 0.717) is 45.2 Å². The number of carbonyl (C=O) groups excluding carboxylic acids is 6. The van der Waals surface area contributed by atoms with E-state index < -0.39 is 17.9 Å². The minimum absolute atomic E-state index is 0.0314. The summed E-state index contributed by atoms with van der Waals surface area (Å²) in [5.74, 6) is -1.68. The number of hydrogen-bond acceptors (Lipinski definition) is 8. The Morgan fingerprint density at radius 1 is 0.975 bits per heavy atom. The molecule has 0 saturated heterocycles. The molecule has 12 nitrogen and oxygen atoms in total. The minimum atomic E-state index is -0.811. The summed E-state index contributed by atoms with van der Waals surface area (Å²) in [6.45, 7) is 12.4. The van der Waals surface area contributed by atoms with Gasteiger partial charge in [-0.15, -0.1) is 0 Å². The van der Waals surface area contributed by atoms with Gasteiger partial charge >= 0.3 is 0 Å². The van der Waals surface area contributed by atoms with Gasteiger partial charge in [-0.3, -0.25) is 33.8 Å². The van der Waals surface area contributed by atoms with Gasteiger partial charge in [0.2, 0.25) is 24.1 Å². The Morgan fingerprint density at radius 2 is 1.65 bits per heavy atom. The van der Waals surface area contributed by atoms with Crippen LogP contribution < -0.4 is 16.0 Å². The molecule has 0 rings (SSSR count). The third kappa shape index (κ3) is 16.8. The fourth-order valence-electron chi connectivity index (χ4n) is 3.91. The highest BCUT2D eigenvalue weighted by Crippen LogP contribution is 2.15. The van der Waals surface area contributed by atoms with Gasteiger partial charge in [0, 0.05) is 26.2 Å². The van der Waals surface area contributed by atoms with Gasteiger partial charge in [-0.25, -0.2) is 0 Å². The molecule has 0 aromatic carbocycles. The third-order valence-electron chi connectivity index (χ3n) is 6.00. The first-order valence-corrected chi connectivity index (χ1v) is 13.9. The monoisotopic (exact) mass is 567 g/mol. The van der Waals surface area contributed by atoms with Crippen molar-refractivity contribution in [3.05, 3.63) is 12.2 Å². The molecule has 3 N–H and O–H groups in total. The van der Waals surface area contributed by atoms with Crippen molar-refractivity contribution in [2.75, 3.05) is 45.9 Å². The first-order chi connectivity index (χ1) is 18.9. The molecule has 5 amide bonds. The van der Waals surface area contributed by atoms with E-state index in [4.69, 9.17) is 4.74 Å². The summed E-state index contributed by atoms with van der Waals surface area (Å²) in [6.07, 6.45) is 6.66. The van der Waals surface area contributed by atoms with Gasteiger partial charge in [0.15, 0.2) is 0 Å².